The summed E-state index contributed by atoms with van der Waals surface area (Å²) >= 11 is 12.4. The fourth-order valence-electron chi connectivity index (χ4n) is 3.39. The number of hydrogen-bond donors (Lipinski definition) is 2. The Bertz CT molecular complexity index is 1490. The number of pyridine rings is 1. The number of carbonyl (C=O) groups is 1. The molecule has 0 aliphatic carbocycles. The predicted molar refractivity (Wildman–Crippen MR) is 148 cm³/mol. The Morgan fingerprint density at radius 3 is 2.58 bits per heavy atom. The van der Waals surface area contributed by atoms with E-state index in [9.17, 15) is 4.79 Å². The van der Waals surface area contributed by atoms with Gasteiger partial charge in [-0.3, -0.25) is 9.48 Å². The minimum Gasteiger partial charge on any atom is -0.462 e. The monoisotopic (exact) mass is 555 g/mol. The number of benzene rings is 2. The number of fused-ring (bicyclic) bond motifs is 1. The van der Waals surface area contributed by atoms with Crippen LogP contribution >= 0.6 is 23.2 Å². The summed E-state index contributed by atoms with van der Waals surface area (Å²) in [6, 6.07) is 13.8. The minimum absolute atomic E-state index is 0.216. The van der Waals surface area contributed by atoms with Crippen LogP contribution in [0.5, 0.6) is 11.5 Å². The first-order valence-corrected chi connectivity index (χ1v) is 12.1. The number of halogens is 2. The van der Waals surface area contributed by atoms with Gasteiger partial charge in [0, 0.05) is 23.7 Å². The predicted octanol–water partition coefficient (Wildman–Crippen LogP) is 5.36. The SMILES string of the molecule is CC(C)(C)OC=O.Cn1nc(CN(N)c2ccc(Cl)c(Oc3cc(Cl)cc(C#N)c3)c2N)c2cccnc21. The van der Waals surface area contributed by atoms with E-state index in [1.807, 2.05) is 46.0 Å². The lowest BCUT2D eigenvalue weighted by atomic mass is 10.2. The molecule has 0 radical (unpaired) electrons. The molecule has 2 aromatic heterocycles. The third kappa shape index (κ3) is 7.04. The first-order chi connectivity index (χ1) is 17.9. The summed E-state index contributed by atoms with van der Waals surface area (Å²) in [5, 5.41) is 16.7. The first kappa shape index (κ1) is 28.5. The van der Waals surface area contributed by atoms with Crippen molar-refractivity contribution in [3.63, 3.8) is 0 Å². The number of anilines is 2. The number of rotatable bonds is 6. The highest BCUT2D eigenvalue weighted by Gasteiger charge is 2.18. The van der Waals surface area contributed by atoms with Crippen molar-refractivity contribution in [2.75, 3.05) is 10.7 Å². The molecule has 4 aromatic rings. The molecular formula is C26H27Cl2N7O3. The van der Waals surface area contributed by atoms with Crippen LogP contribution < -0.4 is 21.3 Å². The van der Waals surface area contributed by atoms with Gasteiger partial charge < -0.3 is 20.2 Å². The van der Waals surface area contributed by atoms with Crippen molar-refractivity contribution in [2.45, 2.75) is 32.9 Å². The molecule has 198 valence electrons. The van der Waals surface area contributed by atoms with Gasteiger partial charge in [0.05, 0.1) is 34.6 Å². The average molecular weight is 556 g/mol. The molecule has 38 heavy (non-hydrogen) atoms. The van der Waals surface area contributed by atoms with Gasteiger partial charge in [0.2, 0.25) is 0 Å². The standard InChI is InChI=1S/C21H17Cl2N7O.C5H10O2/c1-29-21-15(3-2-6-27-21)17(28-29)11-30(26)18-5-4-16(23)20(19(18)25)31-14-8-12(10-24)7-13(22)9-14;1-5(2,3)7-4-6/h2-9H,11,25-26H2,1H3;4H,1-3H3. The fourth-order valence-corrected chi connectivity index (χ4v) is 3.82. The maximum atomic E-state index is 9.60. The Kier molecular flexibility index (Phi) is 9.01. The molecule has 0 fully saturated rings. The van der Waals surface area contributed by atoms with Crippen molar-refractivity contribution in [3.05, 3.63) is 70.0 Å². The summed E-state index contributed by atoms with van der Waals surface area (Å²) < 4.78 is 12.1. The van der Waals surface area contributed by atoms with Gasteiger partial charge in [-0.25, -0.2) is 10.8 Å². The molecule has 0 saturated carbocycles. The maximum Gasteiger partial charge on any atom is 0.293 e. The van der Waals surface area contributed by atoms with Gasteiger partial charge in [-0.2, -0.15) is 10.4 Å². The number of aromatic nitrogens is 3. The van der Waals surface area contributed by atoms with Crippen LogP contribution in [0.2, 0.25) is 10.0 Å². The molecule has 10 nitrogen and oxygen atoms in total. The Morgan fingerprint density at radius 1 is 1.21 bits per heavy atom. The van der Waals surface area contributed by atoms with Crippen LogP contribution in [0.25, 0.3) is 11.0 Å². The molecule has 4 N–H and O–H groups in total. The normalized spacial score (nSPS) is 10.8. The molecule has 2 heterocycles. The summed E-state index contributed by atoms with van der Waals surface area (Å²) in [5.74, 6) is 6.88. The molecule has 0 amide bonds. The Balaban J connectivity index is 0.000000505. The van der Waals surface area contributed by atoms with E-state index in [1.54, 1.807) is 35.1 Å². The lowest BCUT2D eigenvalue weighted by Crippen LogP contribution is -2.31. The molecule has 2 aromatic carbocycles. The van der Waals surface area contributed by atoms with E-state index in [-0.39, 0.29) is 23.6 Å². The molecule has 12 heteroatoms. The van der Waals surface area contributed by atoms with Crippen LogP contribution in [0, 0.1) is 11.3 Å². The second-order valence-electron chi connectivity index (χ2n) is 9.10. The fraction of sp³-hybridized carbons (Fsp3) is 0.231. The van der Waals surface area contributed by atoms with Crippen molar-refractivity contribution in [2.24, 2.45) is 12.9 Å². The Morgan fingerprint density at radius 2 is 1.95 bits per heavy atom. The van der Waals surface area contributed by atoms with Gasteiger partial charge in [0.15, 0.2) is 11.4 Å². The van der Waals surface area contributed by atoms with E-state index < -0.39 is 0 Å². The van der Waals surface area contributed by atoms with Crippen molar-refractivity contribution in [3.8, 4) is 17.6 Å². The number of hydrogen-bond acceptors (Lipinski definition) is 9. The van der Waals surface area contributed by atoms with Gasteiger partial charge in [-0.15, -0.1) is 0 Å². The highest BCUT2D eigenvalue weighted by atomic mass is 35.5. The number of hydrazine groups is 1. The average Bonchev–Trinajstić information content (AvgIpc) is 3.16. The molecule has 0 aliphatic heterocycles. The third-order valence-electron chi connectivity index (χ3n) is 5.05. The quantitative estimate of drug-likeness (QED) is 0.139. The number of ether oxygens (including phenoxy) is 2. The molecular weight excluding hydrogens is 529 g/mol. The Labute approximate surface area is 230 Å². The van der Waals surface area contributed by atoms with Gasteiger partial charge in [0.1, 0.15) is 17.0 Å². The summed E-state index contributed by atoms with van der Waals surface area (Å²) in [4.78, 5) is 13.9. The van der Waals surface area contributed by atoms with E-state index in [4.69, 9.17) is 44.8 Å². The molecule has 0 bridgehead atoms. The highest BCUT2D eigenvalue weighted by molar-refractivity contribution is 6.33. The van der Waals surface area contributed by atoms with Crippen LogP contribution in [0.1, 0.15) is 32.0 Å². The number of carbonyl (C=O) groups excluding carboxylic acids is 1. The number of aryl methyl sites for hydroxylation is 1. The molecule has 0 aliphatic rings. The van der Waals surface area contributed by atoms with Crippen molar-refractivity contribution in [1.29, 1.82) is 5.26 Å². The topological polar surface area (TPSA) is 145 Å². The van der Waals surface area contributed by atoms with E-state index in [0.717, 1.165) is 16.7 Å². The smallest absolute Gasteiger partial charge is 0.293 e. The number of nitriles is 1. The van der Waals surface area contributed by atoms with Crippen LogP contribution in [0.15, 0.2) is 48.7 Å². The zero-order chi connectivity index (χ0) is 28.0. The van der Waals surface area contributed by atoms with Crippen molar-refractivity contribution in [1.82, 2.24) is 14.8 Å². The third-order valence-corrected chi connectivity index (χ3v) is 5.57. The first-order valence-electron chi connectivity index (χ1n) is 11.3. The van der Waals surface area contributed by atoms with Gasteiger partial charge in [-0.1, -0.05) is 23.2 Å². The number of nitrogens with zero attached hydrogens (tertiary/aromatic N) is 5. The van der Waals surface area contributed by atoms with Crippen LogP contribution in [0.4, 0.5) is 11.4 Å². The van der Waals surface area contributed by atoms with Crippen molar-refractivity contribution >= 4 is 52.1 Å². The lowest BCUT2D eigenvalue weighted by molar-refractivity contribution is -0.138. The zero-order valence-corrected chi connectivity index (χ0v) is 22.8. The number of nitrogens with two attached hydrogens (primary N) is 2. The second-order valence-corrected chi connectivity index (χ2v) is 9.94. The molecule has 0 unspecified atom stereocenters. The molecule has 4 rings (SSSR count). The summed E-state index contributed by atoms with van der Waals surface area (Å²) in [6.45, 7) is 6.20. The molecule has 0 atom stereocenters. The highest BCUT2D eigenvalue weighted by Crippen LogP contribution is 2.41. The lowest BCUT2D eigenvalue weighted by Gasteiger charge is -2.22. The van der Waals surface area contributed by atoms with Crippen molar-refractivity contribution < 1.29 is 14.3 Å². The second kappa shape index (κ2) is 12.0. The van der Waals surface area contributed by atoms with Crippen LogP contribution in [0.3, 0.4) is 0 Å². The van der Waals surface area contributed by atoms with Gasteiger partial charge in [-0.05, 0) is 63.2 Å². The number of nitrogen functional groups attached to an aromatic ring is 1. The van der Waals surface area contributed by atoms with E-state index in [2.05, 4.69) is 14.8 Å². The van der Waals surface area contributed by atoms with Gasteiger partial charge in [0.25, 0.3) is 6.47 Å². The maximum absolute atomic E-state index is 9.60. The Hall–Kier alpha value is -4.04. The minimum atomic E-state index is -0.318. The van der Waals surface area contributed by atoms with Crippen LogP contribution in [-0.4, -0.2) is 26.8 Å². The largest absolute Gasteiger partial charge is 0.462 e. The molecule has 0 saturated heterocycles. The van der Waals surface area contributed by atoms with E-state index in [1.165, 1.54) is 11.1 Å². The van der Waals surface area contributed by atoms with E-state index >= 15 is 0 Å². The van der Waals surface area contributed by atoms with Crippen LogP contribution in [-0.2, 0) is 23.1 Å². The summed E-state index contributed by atoms with van der Waals surface area (Å²) in [5.41, 5.74) is 8.63. The summed E-state index contributed by atoms with van der Waals surface area (Å²) in [7, 11) is 1.82. The van der Waals surface area contributed by atoms with E-state index in [0.29, 0.717) is 33.5 Å². The summed E-state index contributed by atoms with van der Waals surface area (Å²) in [6.07, 6.45) is 1.71. The van der Waals surface area contributed by atoms with Gasteiger partial charge >= 0.3 is 0 Å². The zero-order valence-electron chi connectivity index (χ0n) is 21.3. The molecule has 0 spiro atoms.